The lowest BCUT2D eigenvalue weighted by Gasteiger charge is -2.08. The van der Waals surface area contributed by atoms with Crippen LogP contribution in [0.1, 0.15) is 26.7 Å². The van der Waals surface area contributed by atoms with E-state index in [1.54, 1.807) is 13.8 Å². The normalized spacial score (nSPS) is 14.5. The lowest BCUT2D eigenvalue weighted by atomic mass is 10.4. The van der Waals surface area contributed by atoms with E-state index in [-0.39, 0.29) is 12.8 Å². The van der Waals surface area contributed by atoms with Crippen molar-refractivity contribution in [2.75, 3.05) is 0 Å². The molecule has 0 bridgehead atoms. The maximum Gasteiger partial charge on any atom is 0.333 e. The van der Waals surface area contributed by atoms with E-state index >= 15 is 0 Å². The number of rotatable bonds is 6. The number of aliphatic hydroxyl groups is 2. The van der Waals surface area contributed by atoms with Gasteiger partial charge in [-0.3, -0.25) is 0 Å². The summed E-state index contributed by atoms with van der Waals surface area (Å²) >= 11 is 0. The highest BCUT2D eigenvalue weighted by molar-refractivity contribution is 5.91. The summed E-state index contributed by atoms with van der Waals surface area (Å²) in [7, 11) is 0. The van der Waals surface area contributed by atoms with Crippen LogP contribution in [0.25, 0.3) is 0 Å². The van der Waals surface area contributed by atoms with E-state index in [9.17, 15) is 9.59 Å². The average Bonchev–Trinajstić information content (AvgIpc) is 2.26. The molecular formula is C10H16O6. The van der Waals surface area contributed by atoms with Gasteiger partial charge in [-0.2, -0.15) is 0 Å². The van der Waals surface area contributed by atoms with Gasteiger partial charge in [-0.25, -0.2) is 9.59 Å². The van der Waals surface area contributed by atoms with Crippen LogP contribution in [-0.4, -0.2) is 34.7 Å². The molecule has 0 amide bonds. The van der Waals surface area contributed by atoms with Gasteiger partial charge in [-0.15, -0.1) is 0 Å². The molecule has 2 unspecified atom stereocenters. The molecule has 16 heavy (non-hydrogen) atoms. The van der Waals surface area contributed by atoms with E-state index in [0.29, 0.717) is 0 Å². The first kappa shape index (κ1) is 14.6. The molecule has 0 aliphatic carbocycles. The maximum atomic E-state index is 10.9. The number of esters is 2. The molecule has 2 N–H and O–H groups in total. The van der Waals surface area contributed by atoms with Gasteiger partial charge in [0.05, 0.1) is 0 Å². The minimum Gasteiger partial charge on any atom is -0.433 e. The molecule has 0 aliphatic heterocycles. The highest BCUT2D eigenvalue weighted by Crippen LogP contribution is 1.96. The first-order chi connectivity index (χ1) is 7.49. The van der Waals surface area contributed by atoms with Crippen LogP contribution in [-0.2, 0) is 19.1 Å². The third kappa shape index (κ3) is 6.97. The Morgan fingerprint density at radius 2 is 1.31 bits per heavy atom. The van der Waals surface area contributed by atoms with Crippen molar-refractivity contribution in [2.45, 2.75) is 39.3 Å². The lowest BCUT2D eigenvalue weighted by Crippen LogP contribution is -2.16. The zero-order valence-electron chi connectivity index (χ0n) is 9.25. The zero-order valence-corrected chi connectivity index (χ0v) is 9.25. The van der Waals surface area contributed by atoms with Crippen LogP contribution >= 0.6 is 0 Å². The number of aliphatic hydroxyl groups excluding tert-OH is 2. The van der Waals surface area contributed by atoms with Crippen LogP contribution in [0.5, 0.6) is 0 Å². The maximum absolute atomic E-state index is 10.9. The molecule has 0 spiro atoms. The number of ether oxygens (including phenoxy) is 2. The number of carbonyl (C=O) groups excluding carboxylic acids is 2. The Bertz CT molecular complexity index is 234. The van der Waals surface area contributed by atoms with E-state index < -0.39 is 24.5 Å². The molecule has 6 heteroatoms. The summed E-state index contributed by atoms with van der Waals surface area (Å²) in [5.41, 5.74) is 0. The summed E-state index contributed by atoms with van der Waals surface area (Å²) in [6.07, 6.45) is -0.201. The summed E-state index contributed by atoms with van der Waals surface area (Å²) in [5.74, 6) is -1.70. The van der Waals surface area contributed by atoms with E-state index in [2.05, 4.69) is 9.47 Å². The summed E-state index contributed by atoms with van der Waals surface area (Å²) < 4.78 is 8.88. The van der Waals surface area contributed by atoms with Crippen molar-refractivity contribution in [3.8, 4) is 0 Å². The Morgan fingerprint density at radius 3 is 1.56 bits per heavy atom. The zero-order chi connectivity index (χ0) is 12.6. The highest BCUT2D eigenvalue weighted by atomic mass is 16.6. The second-order valence-corrected chi connectivity index (χ2v) is 2.93. The van der Waals surface area contributed by atoms with Crippen LogP contribution < -0.4 is 0 Å². The highest BCUT2D eigenvalue weighted by Gasteiger charge is 2.08. The summed E-state index contributed by atoms with van der Waals surface area (Å²) in [6, 6.07) is 0. The largest absolute Gasteiger partial charge is 0.433 e. The quantitative estimate of drug-likeness (QED) is 0.383. The number of hydrogen-bond donors (Lipinski definition) is 2. The minimum atomic E-state index is -1.19. The number of hydrogen-bond acceptors (Lipinski definition) is 6. The van der Waals surface area contributed by atoms with E-state index in [1.165, 1.54) is 0 Å². The van der Waals surface area contributed by atoms with Gasteiger partial charge in [-0.1, -0.05) is 13.8 Å². The monoisotopic (exact) mass is 232 g/mol. The first-order valence-electron chi connectivity index (χ1n) is 4.95. The van der Waals surface area contributed by atoms with Crippen LogP contribution in [0, 0.1) is 0 Å². The molecule has 0 radical (unpaired) electrons. The third-order valence-electron chi connectivity index (χ3n) is 1.56. The molecule has 0 aromatic heterocycles. The molecular weight excluding hydrogens is 216 g/mol. The van der Waals surface area contributed by atoms with Crippen LogP contribution in [0.15, 0.2) is 12.2 Å². The van der Waals surface area contributed by atoms with Crippen molar-refractivity contribution >= 4 is 11.9 Å². The Labute approximate surface area is 93.5 Å². The molecule has 6 nitrogen and oxygen atoms in total. The van der Waals surface area contributed by atoms with Gasteiger partial charge in [-0.05, 0) is 0 Å². The molecule has 0 aliphatic rings. The van der Waals surface area contributed by atoms with Gasteiger partial charge in [0.15, 0.2) is 0 Å². The molecule has 0 heterocycles. The number of carbonyl (C=O) groups is 2. The van der Waals surface area contributed by atoms with Crippen molar-refractivity contribution < 1.29 is 29.3 Å². The second-order valence-electron chi connectivity index (χ2n) is 2.93. The molecule has 0 saturated carbocycles. The first-order valence-corrected chi connectivity index (χ1v) is 4.95. The SMILES string of the molecule is CCC(O)OC(=O)/C=C/C(=O)OC(O)CC. The van der Waals surface area contributed by atoms with Gasteiger partial charge in [0, 0.05) is 25.0 Å². The van der Waals surface area contributed by atoms with Crippen LogP contribution in [0.3, 0.4) is 0 Å². The van der Waals surface area contributed by atoms with Gasteiger partial charge < -0.3 is 19.7 Å². The lowest BCUT2D eigenvalue weighted by molar-refractivity contribution is -0.164. The summed E-state index contributed by atoms with van der Waals surface area (Å²) in [6.45, 7) is 3.26. The minimum absolute atomic E-state index is 0.262. The Balaban J connectivity index is 3.98. The smallest absolute Gasteiger partial charge is 0.333 e. The molecule has 2 atom stereocenters. The van der Waals surface area contributed by atoms with E-state index in [4.69, 9.17) is 10.2 Å². The van der Waals surface area contributed by atoms with Gasteiger partial charge in [0.1, 0.15) is 0 Å². The molecule has 0 aromatic rings. The van der Waals surface area contributed by atoms with Crippen molar-refractivity contribution in [2.24, 2.45) is 0 Å². The fourth-order valence-electron chi connectivity index (χ4n) is 0.649. The summed E-state index contributed by atoms with van der Waals surface area (Å²) in [4.78, 5) is 21.9. The Morgan fingerprint density at radius 1 is 1.00 bits per heavy atom. The van der Waals surface area contributed by atoms with Crippen molar-refractivity contribution in [1.82, 2.24) is 0 Å². The topological polar surface area (TPSA) is 93.1 Å². The van der Waals surface area contributed by atoms with Crippen molar-refractivity contribution in [3.63, 3.8) is 0 Å². The van der Waals surface area contributed by atoms with Crippen LogP contribution in [0.4, 0.5) is 0 Å². The molecule has 0 fully saturated rings. The van der Waals surface area contributed by atoms with Gasteiger partial charge in [0.2, 0.25) is 12.6 Å². The van der Waals surface area contributed by atoms with Crippen molar-refractivity contribution in [3.05, 3.63) is 12.2 Å². The molecule has 0 aromatic carbocycles. The van der Waals surface area contributed by atoms with Crippen LogP contribution in [0.2, 0.25) is 0 Å². The molecule has 0 rings (SSSR count). The van der Waals surface area contributed by atoms with E-state index in [0.717, 1.165) is 12.2 Å². The molecule has 0 saturated heterocycles. The Hall–Kier alpha value is -1.40. The molecule has 92 valence electrons. The van der Waals surface area contributed by atoms with E-state index in [1.807, 2.05) is 0 Å². The average molecular weight is 232 g/mol. The van der Waals surface area contributed by atoms with Gasteiger partial charge >= 0.3 is 11.9 Å². The van der Waals surface area contributed by atoms with Crippen molar-refractivity contribution in [1.29, 1.82) is 0 Å². The summed E-state index contributed by atoms with van der Waals surface area (Å²) in [5, 5.41) is 17.9. The predicted octanol–water partition coefficient (Wildman–Crippen LogP) is 0.0858. The Kier molecular flexibility index (Phi) is 7.15. The fourth-order valence-corrected chi connectivity index (χ4v) is 0.649. The fraction of sp³-hybridized carbons (Fsp3) is 0.600. The third-order valence-corrected chi connectivity index (χ3v) is 1.56. The predicted molar refractivity (Wildman–Crippen MR) is 53.9 cm³/mol. The standard InChI is InChI=1S/C10H16O6/c1-3-7(11)15-9(13)5-6-10(14)16-8(12)4-2/h5-8,11-12H,3-4H2,1-2H3/b6-5+. The second kappa shape index (κ2) is 7.84. The van der Waals surface area contributed by atoms with Gasteiger partial charge in [0.25, 0.3) is 0 Å².